The highest BCUT2D eigenvalue weighted by Crippen LogP contribution is 2.38. The molecule has 43 heteroatoms. The summed E-state index contributed by atoms with van der Waals surface area (Å²) in [5.41, 5.74) is 1.000. The van der Waals surface area contributed by atoms with Gasteiger partial charge >= 0.3 is 17.1 Å². The molecule has 14 heterocycles. The Balaban J connectivity index is 0.000000209. The molecule has 11 aliphatic heterocycles. The highest BCUT2D eigenvalue weighted by atomic mass is 32.2. The van der Waals surface area contributed by atoms with Crippen molar-refractivity contribution < 1.29 is 66.3 Å². The number of amidine groups is 4. The van der Waals surface area contributed by atoms with Gasteiger partial charge in [0.05, 0.1) is 57.5 Å². The monoisotopic (exact) mass is 2180 g/mol. The molecule has 826 valence electrons. The van der Waals surface area contributed by atoms with Crippen LogP contribution >= 0.6 is 82.3 Å². The van der Waals surface area contributed by atoms with Gasteiger partial charge in [-0.15, -0.1) is 82.3 Å². The van der Waals surface area contributed by atoms with Crippen LogP contribution in [0.25, 0.3) is 0 Å². The maximum absolute atomic E-state index is 12.0. The lowest BCUT2D eigenvalue weighted by atomic mass is 10.2. The quantitative estimate of drug-likeness (QED) is 0.0498. The molecule has 36 nitrogen and oxygen atoms in total. The first-order chi connectivity index (χ1) is 70.5. The Labute approximate surface area is 904 Å². The number of aromatic nitrogens is 6. The molecule has 0 aliphatic carbocycles. The van der Waals surface area contributed by atoms with Crippen molar-refractivity contribution in [1.29, 1.82) is 0 Å². The maximum Gasteiger partial charge on any atom is 0.351 e. The minimum atomic E-state index is -0.281. The third-order valence-electron chi connectivity index (χ3n) is 22.3. The van der Waals surface area contributed by atoms with Crippen LogP contribution in [0.5, 0.6) is 0 Å². The van der Waals surface area contributed by atoms with Gasteiger partial charge in [0.2, 0.25) is 0 Å². The van der Waals surface area contributed by atoms with Crippen molar-refractivity contribution in [1.82, 2.24) is 68.3 Å². The second-order valence-electron chi connectivity index (χ2n) is 38.4. The van der Waals surface area contributed by atoms with Gasteiger partial charge in [-0.1, -0.05) is 121 Å². The summed E-state index contributed by atoms with van der Waals surface area (Å²) in [7, 11) is 11.8. The van der Waals surface area contributed by atoms with Crippen LogP contribution in [-0.2, 0) is 79.2 Å². The molecule has 2 N–H and O–H groups in total. The molecular weight excluding hydrogens is 2010 g/mol. The van der Waals surface area contributed by atoms with Crippen LogP contribution in [-0.4, -0.2) is 335 Å². The number of unbranched alkanes of at least 4 members (excludes halogenated alkanes) is 4. The lowest BCUT2D eigenvalue weighted by Gasteiger charge is -2.32. The number of nitrogens with zero attached hydrogens (tertiary/aromatic N) is 17. The zero-order valence-corrected chi connectivity index (χ0v) is 97.0. The summed E-state index contributed by atoms with van der Waals surface area (Å²) >= 11 is 12.2. The number of nitrogens with one attached hydrogen (secondary N) is 2. The van der Waals surface area contributed by atoms with Crippen molar-refractivity contribution in [2.75, 3.05) is 180 Å². The SMILES string of the molecule is C=C1N=C(N(C)C)C=CN1[C@H]1CS[C@@H](COC(C)(C)C)O1.C=C1N=C(N(C)C)C=CN1[C@H]1CS[C@@H](COCC(C)C)O1.C=C1N=C(N(C)C)C=CN1[C@H]1CS[C@@H](COCCCC)O1.C=C1NC(=NCC)C=CN1[C@H]1CS[C@@H](COC(C)(C)C)O1.CCCCCOC[C@H]1O[C@@H](n2ccc(CC)nc2=O)CS1.CCCCOC[C@H]1OC(n2ccc(CCC)nc2=O)CS1.CCCNc1ccn([C@H]2CS[C@@H](COCCC)O2)c(=O)n1. The number of aliphatic imine (C=N–C) groups is 4. The number of ether oxygens (including phenoxy) is 14. The molecule has 7 fully saturated rings. The molecule has 0 aromatic carbocycles. The summed E-state index contributed by atoms with van der Waals surface area (Å²) < 4.78 is 85.9. The second kappa shape index (κ2) is 67.1. The van der Waals surface area contributed by atoms with E-state index in [1.54, 1.807) is 115 Å². The molecule has 14 rings (SSSR count). The van der Waals surface area contributed by atoms with E-state index in [2.05, 4.69) is 169 Å². The number of thioether (sulfide) groups is 7. The van der Waals surface area contributed by atoms with Gasteiger partial charge in [0.15, 0.2) is 0 Å². The zero-order valence-electron chi connectivity index (χ0n) is 91.3. The third-order valence-corrected chi connectivity index (χ3v) is 30.0. The van der Waals surface area contributed by atoms with E-state index in [1.165, 1.54) is 12.8 Å². The summed E-state index contributed by atoms with van der Waals surface area (Å²) in [5.74, 6) is 13.5. The summed E-state index contributed by atoms with van der Waals surface area (Å²) in [6.07, 6.45) is 32.9. The summed E-state index contributed by atoms with van der Waals surface area (Å²) in [4.78, 5) is 79.9. The molecule has 147 heavy (non-hydrogen) atoms. The molecule has 11 aliphatic rings. The van der Waals surface area contributed by atoms with Crippen molar-refractivity contribution in [3.05, 3.63) is 178 Å². The molecule has 0 bridgehead atoms. The fraction of sp³-hybridized carbons (Fsp3) is 0.692. The molecule has 0 spiro atoms. The zero-order chi connectivity index (χ0) is 107. The number of aryl methyl sites for hydroxylation is 2. The summed E-state index contributed by atoms with van der Waals surface area (Å²) in [6.45, 7) is 59.1. The van der Waals surface area contributed by atoms with Crippen molar-refractivity contribution >= 4 is 111 Å². The standard InChI is InChI=1S/4C15H25N3O2S.2C15H24N2O3S.C14H23N3O3S/c1-11-16-12(17(5)6)7-8-18(11)13-10-21-14(20-13)9-19-15(2,3)4;1-11(2)8-19-9-15-20-14(10-21-15)18-7-6-13(17(4)5)16-12(18)3;1-6-16-12-7-8-18(11(2)17-12)13-10-21-14(20-13)9-19-15(3,4)5;1-5-6-9-19-10-15-20-14(11-21-15)18-8-7-13(17(3)4)16-12(18)2;1-3-5-6-9-19-10-14-20-13(11-21-14)17-8-7-12(4-2)16-15(17)18;1-3-5-9-19-10-14-20-13(11-21-14)17-8-7-12(6-4-2)16-15(17)18;1-3-6-15-11-5-7-17(14(18)16-11)12-10-21-13(20-12)9-19-8-4-2/h7-8,13-14H,1,9-10H2,2-6H3;6-7,11,14-15H,3,8-10H2,1-2,4-5H3;7-8,13-14H,2,6,9-10H2,1,3-5H3,(H,16,17);7-8,14-15H,2,5-6,9-11H2,1,3-4H3;2*7-8,13-14H,3-6,9-11H2,1-2H3;5,7,12-13H,3-4,6,8-10H2,1-2H3,(H,15,16,18)/t13-,14+;14-,15+;13-,14+;14-,15+;13-,14+;13?,14-;12-,13+/m1111101/s1. The number of hydrogen-bond donors (Lipinski definition) is 2. The lowest BCUT2D eigenvalue weighted by molar-refractivity contribution is -0.0754. The lowest BCUT2D eigenvalue weighted by Crippen LogP contribution is -2.42. The molecule has 3 aromatic heterocycles. The van der Waals surface area contributed by atoms with Gasteiger partial charge in [-0.2, -0.15) is 15.0 Å². The van der Waals surface area contributed by atoms with Crippen molar-refractivity contribution in [2.24, 2.45) is 25.9 Å². The van der Waals surface area contributed by atoms with Crippen LogP contribution in [0, 0.1) is 5.92 Å². The fourth-order valence-corrected chi connectivity index (χ4v) is 21.5. The van der Waals surface area contributed by atoms with Gasteiger partial charge < -0.3 is 111 Å². The summed E-state index contributed by atoms with van der Waals surface area (Å²) in [5, 5.41) is 6.30. The average Bonchev–Trinajstić information content (AvgIpc) is 1.11. The average molecular weight is 2180 g/mol. The Morgan fingerprint density at radius 2 is 0.769 bits per heavy atom. The van der Waals surface area contributed by atoms with Gasteiger partial charge in [0.1, 0.15) is 134 Å². The van der Waals surface area contributed by atoms with Crippen LogP contribution in [0.15, 0.2) is 170 Å². The van der Waals surface area contributed by atoms with Crippen LogP contribution < -0.4 is 27.7 Å². The molecule has 3 aromatic rings. The van der Waals surface area contributed by atoms with Gasteiger partial charge in [-0.05, 0) is 142 Å². The van der Waals surface area contributed by atoms with E-state index in [1.807, 2.05) is 158 Å². The van der Waals surface area contributed by atoms with Crippen molar-refractivity contribution in [3.63, 3.8) is 0 Å². The number of anilines is 1. The normalized spacial score (nSPS) is 24.4. The van der Waals surface area contributed by atoms with E-state index in [0.717, 1.165) is 203 Å². The van der Waals surface area contributed by atoms with E-state index in [0.29, 0.717) is 63.8 Å². The largest absolute Gasteiger partial charge is 0.378 e. The molecule has 0 radical (unpaired) electrons. The van der Waals surface area contributed by atoms with Crippen LogP contribution in [0.1, 0.15) is 205 Å². The van der Waals surface area contributed by atoms with Gasteiger partial charge in [-0.25, -0.2) is 29.4 Å². The third kappa shape index (κ3) is 45.1. The van der Waals surface area contributed by atoms with Crippen LogP contribution in [0.3, 0.4) is 0 Å². The van der Waals surface area contributed by atoms with Crippen LogP contribution in [0.4, 0.5) is 5.82 Å². The second-order valence-corrected chi connectivity index (χ2v) is 46.7. The first kappa shape index (κ1) is 126. The highest BCUT2D eigenvalue weighted by Gasteiger charge is 2.39. The molecule has 14 atom stereocenters. The first-order valence-electron chi connectivity index (χ1n) is 51.7. The molecule has 0 saturated carbocycles. The topological polar surface area (TPSA) is 330 Å². The number of rotatable bonds is 42. The number of likely N-dealkylation sites (N-methyl/N-ethyl adjacent to an activating group) is 3. The van der Waals surface area contributed by atoms with E-state index in [-0.39, 0.29) is 110 Å². The predicted molar refractivity (Wildman–Crippen MR) is 606 cm³/mol. The van der Waals surface area contributed by atoms with E-state index < -0.39 is 0 Å². The van der Waals surface area contributed by atoms with Gasteiger partial charge in [-0.3, -0.25) is 18.7 Å². The molecule has 0 amide bonds. The van der Waals surface area contributed by atoms with E-state index in [9.17, 15) is 14.4 Å². The molecular formula is C104H171N19O17S7. The van der Waals surface area contributed by atoms with E-state index >= 15 is 0 Å². The number of hydrogen-bond acceptors (Lipinski definition) is 39. The van der Waals surface area contributed by atoms with Crippen molar-refractivity contribution in [2.45, 2.75) is 281 Å². The Morgan fingerprint density at radius 3 is 1.11 bits per heavy atom. The first-order valence-corrected chi connectivity index (χ1v) is 59.1. The highest BCUT2D eigenvalue weighted by molar-refractivity contribution is 8.01. The van der Waals surface area contributed by atoms with Crippen molar-refractivity contribution in [3.8, 4) is 0 Å². The summed E-state index contributed by atoms with van der Waals surface area (Å²) in [6, 6.07) is 5.60. The van der Waals surface area contributed by atoms with Crippen LogP contribution in [0.2, 0.25) is 0 Å². The molecule has 1 unspecified atom stereocenters. The minimum absolute atomic E-state index is 0.00802. The molecule has 7 saturated heterocycles. The Bertz CT molecular complexity index is 4900. The predicted octanol–water partition coefficient (Wildman–Crippen LogP) is 17.1. The Morgan fingerprint density at radius 1 is 0.422 bits per heavy atom. The van der Waals surface area contributed by atoms with Gasteiger partial charge in [0.25, 0.3) is 0 Å². The Kier molecular flexibility index (Phi) is 57.3. The van der Waals surface area contributed by atoms with Gasteiger partial charge in [0, 0.05) is 183 Å². The van der Waals surface area contributed by atoms with E-state index in [4.69, 9.17) is 66.3 Å². The Hall–Kier alpha value is -6.67. The smallest absolute Gasteiger partial charge is 0.351 e. The maximum atomic E-state index is 12.0. The fourth-order valence-electron chi connectivity index (χ4n) is 14.4. The minimum Gasteiger partial charge on any atom is -0.378 e.